The zero-order chi connectivity index (χ0) is 22.8. The highest BCUT2D eigenvalue weighted by Crippen LogP contribution is 2.33. The summed E-state index contributed by atoms with van der Waals surface area (Å²) in [6.07, 6.45) is 3.69. The van der Waals surface area contributed by atoms with Crippen LogP contribution in [0.5, 0.6) is 17.2 Å². The van der Waals surface area contributed by atoms with Crippen LogP contribution in [0.2, 0.25) is 0 Å². The number of aromatic nitrogens is 3. The Kier molecular flexibility index (Phi) is 5.64. The second-order valence-corrected chi connectivity index (χ2v) is 7.86. The average Bonchev–Trinajstić information content (AvgIpc) is 3.33. The summed E-state index contributed by atoms with van der Waals surface area (Å²) in [4.78, 5) is 9.41. The van der Waals surface area contributed by atoms with E-state index in [2.05, 4.69) is 28.0 Å². The largest absolute Gasteiger partial charge is 0.497 e. The molecule has 1 aliphatic rings. The topological polar surface area (TPSA) is 64.4 Å². The van der Waals surface area contributed by atoms with Gasteiger partial charge < -0.3 is 24.0 Å². The first-order valence-corrected chi connectivity index (χ1v) is 10.9. The Morgan fingerprint density at radius 3 is 2.33 bits per heavy atom. The van der Waals surface area contributed by atoms with Gasteiger partial charge in [0.15, 0.2) is 17.3 Å². The minimum absolute atomic E-state index is 0.680. The maximum Gasteiger partial charge on any atom is 0.161 e. The van der Waals surface area contributed by atoms with Gasteiger partial charge in [0.05, 0.1) is 27.0 Å². The maximum atomic E-state index is 5.46. The molecule has 5 rings (SSSR count). The van der Waals surface area contributed by atoms with Crippen LogP contribution in [0.15, 0.2) is 60.9 Å². The second kappa shape index (κ2) is 8.90. The molecule has 1 fully saturated rings. The molecule has 1 saturated heterocycles. The molecule has 0 N–H and O–H groups in total. The number of methoxy groups -OCH3 is 3. The number of fused-ring (bicyclic) bond motifs is 1. The van der Waals surface area contributed by atoms with Crippen LogP contribution in [-0.2, 0) is 0 Å². The molecular weight excluding hydrogens is 418 g/mol. The molecule has 8 nitrogen and oxygen atoms in total. The Balaban J connectivity index is 1.39. The first-order chi connectivity index (χ1) is 16.2. The van der Waals surface area contributed by atoms with Crippen molar-refractivity contribution in [1.29, 1.82) is 0 Å². The molecule has 0 spiro atoms. The van der Waals surface area contributed by atoms with Gasteiger partial charge in [-0.15, -0.1) is 0 Å². The van der Waals surface area contributed by atoms with Gasteiger partial charge in [-0.25, -0.2) is 9.50 Å². The molecule has 3 heterocycles. The lowest BCUT2D eigenvalue weighted by Gasteiger charge is -2.36. The lowest BCUT2D eigenvalue weighted by Crippen LogP contribution is -2.47. The first kappa shape index (κ1) is 20.9. The maximum absolute atomic E-state index is 5.46. The van der Waals surface area contributed by atoms with Crippen LogP contribution in [0, 0.1) is 0 Å². The molecule has 8 heteroatoms. The van der Waals surface area contributed by atoms with Crippen molar-refractivity contribution in [3.8, 4) is 28.5 Å². The van der Waals surface area contributed by atoms with E-state index in [9.17, 15) is 0 Å². The molecule has 2 aromatic heterocycles. The van der Waals surface area contributed by atoms with Gasteiger partial charge in [0.1, 0.15) is 11.3 Å². The zero-order valence-corrected chi connectivity index (χ0v) is 19.1. The molecule has 0 amide bonds. The van der Waals surface area contributed by atoms with Gasteiger partial charge in [0.2, 0.25) is 0 Å². The lowest BCUT2D eigenvalue weighted by molar-refractivity contribution is 0.355. The minimum Gasteiger partial charge on any atom is -0.497 e. The Morgan fingerprint density at radius 2 is 1.58 bits per heavy atom. The van der Waals surface area contributed by atoms with E-state index in [1.165, 1.54) is 5.69 Å². The minimum atomic E-state index is 0.680. The molecule has 170 valence electrons. The number of anilines is 2. The fourth-order valence-electron chi connectivity index (χ4n) is 4.27. The van der Waals surface area contributed by atoms with Crippen molar-refractivity contribution in [3.05, 3.63) is 60.9 Å². The first-order valence-electron chi connectivity index (χ1n) is 10.9. The van der Waals surface area contributed by atoms with Crippen molar-refractivity contribution in [3.63, 3.8) is 0 Å². The SMILES string of the molecule is COc1cccc(N2CCN(c3nccn4nc(-c5ccc(OC)c(OC)c5)cc34)CC2)c1. The molecule has 1 aliphatic heterocycles. The summed E-state index contributed by atoms with van der Waals surface area (Å²) in [5.74, 6) is 3.20. The fourth-order valence-corrected chi connectivity index (χ4v) is 4.27. The van der Waals surface area contributed by atoms with Gasteiger partial charge >= 0.3 is 0 Å². The van der Waals surface area contributed by atoms with E-state index in [-0.39, 0.29) is 0 Å². The standard InChI is InChI=1S/C25H27N5O3/c1-31-20-6-4-5-19(16-20)28-11-13-29(14-12-28)25-22-17-21(27-30(22)10-9-26-25)18-7-8-23(32-2)24(15-18)33-3/h4-10,15-17H,11-14H2,1-3H3. The highest BCUT2D eigenvalue weighted by Gasteiger charge is 2.21. The number of rotatable bonds is 6. The van der Waals surface area contributed by atoms with E-state index in [1.54, 1.807) is 21.3 Å². The van der Waals surface area contributed by atoms with Crippen LogP contribution in [0.25, 0.3) is 16.8 Å². The van der Waals surface area contributed by atoms with Crippen molar-refractivity contribution in [2.24, 2.45) is 0 Å². The van der Waals surface area contributed by atoms with Crippen LogP contribution in [0.4, 0.5) is 11.5 Å². The second-order valence-electron chi connectivity index (χ2n) is 7.86. The Morgan fingerprint density at radius 1 is 0.788 bits per heavy atom. The number of nitrogens with zero attached hydrogens (tertiary/aromatic N) is 5. The molecule has 0 atom stereocenters. The summed E-state index contributed by atoms with van der Waals surface area (Å²) in [6, 6.07) is 16.1. The lowest BCUT2D eigenvalue weighted by atomic mass is 10.1. The van der Waals surface area contributed by atoms with Gasteiger partial charge in [-0.1, -0.05) is 6.07 Å². The van der Waals surface area contributed by atoms with E-state index in [4.69, 9.17) is 24.3 Å². The van der Waals surface area contributed by atoms with Gasteiger partial charge in [0.25, 0.3) is 0 Å². The van der Waals surface area contributed by atoms with E-state index in [1.807, 2.05) is 47.2 Å². The molecule has 0 radical (unpaired) electrons. The van der Waals surface area contributed by atoms with E-state index < -0.39 is 0 Å². The smallest absolute Gasteiger partial charge is 0.161 e. The number of benzene rings is 2. The van der Waals surface area contributed by atoms with Crippen LogP contribution < -0.4 is 24.0 Å². The zero-order valence-electron chi connectivity index (χ0n) is 19.1. The number of piperazine rings is 1. The summed E-state index contributed by atoms with van der Waals surface area (Å²) in [6.45, 7) is 3.57. The number of hydrogen-bond acceptors (Lipinski definition) is 7. The molecular formula is C25H27N5O3. The summed E-state index contributed by atoms with van der Waals surface area (Å²) in [5.41, 5.74) is 3.99. The molecule has 0 unspecified atom stereocenters. The van der Waals surface area contributed by atoms with Crippen LogP contribution in [-0.4, -0.2) is 62.1 Å². The molecule has 0 bridgehead atoms. The van der Waals surface area contributed by atoms with Crippen molar-refractivity contribution in [1.82, 2.24) is 14.6 Å². The average molecular weight is 446 g/mol. The highest BCUT2D eigenvalue weighted by molar-refractivity contribution is 5.76. The van der Waals surface area contributed by atoms with Crippen LogP contribution >= 0.6 is 0 Å². The van der Waals surface area contributed by atoms with Crippen LogP contribution in [0.1, 0.15) is 0 Å². The molecule has 0 aliphatic carbocycles. The van der Waals surface area contributed by atoms with Gasteiger partial charge in [-0.05, 0) is 36.4 Å². The Hall–Kier alpha value is -3.94. The van der Waals surface area contributed by atoms with Crippen molar-refractivity contribution < 1.29 is 14.2 Å². The number of hydrogen-bond donors (Lipinski definition) is 0. The van der Waals surface area contributed by atoms with E-state index >= 15 is 0 Å². The Bertz CT molecular complexity index is 1260. The normalized spacial score (nSPS) is 13.9. The third-order valence-electron chi connectivity index (χ3n) is 6.05. The summed E-state index contributed by atoms with van der Waals surface area (Å²) < 4.78 is 18.1. The van der Waals surface area contributed by atoms with Crippen molar-refractivity contribution in [2.45, 2.75) is 0 Å². The molecule has 0 saturated carbocycles. The van der Waals surface area contributed by atoms with E-state index in [0.717, 1.165) is 54.5 Å². The molecule has 33 heavy (non-hydrogen) atoms. The fraction of sp³-hybridized carbons (Fsp3) is 0.280. The van der Waals surface area contributed by atoms with Crippen LogP contribution in [0.3, 0.4) is 0 Å². The van der Waals surface area contributed by atoms with Crippen molar-refractivity contribution in [2.75, 3.05) is 57.3 Å². The number of ether oxygens (including phenoxy) is 3. The summed E-state index contributed by atoms with van der Waals surface area (Å²) in [7, 11) is 4.97. The van der Waals surface area contributed by atoms with Crippen molar-refractivity contribution >= 4 is 17.0 Å². The summed E-state index contributed by atoms with van der Waals surface area (Å²) in [5, 5.41) is 4.78. The quantitative estimate of drug-likeness (QED) is 0.448. The predicted molar refractivity (Wildman–Crippen MR) is 129 cm³/mol. The third-order valence-corrected chi connectivity index (χ3v) is 6.05. The van der Waals surface area contributed by atoms with E-state index in [0.29, 0.717) is 11.5 Å². The monoisotopic (exact) mass is 445 g/mol. The van der Waals surface area contributed by atoms with Gasteiger partial charge in [0, 0.05) is 55.9 Å². The molecule has 2 aromatic carbocycles. The van der Waals surface area contributed by atoms with Gasteiger partial charge in [-0.2, -0.15) is 5.10 Å². The predicted octanol–water partition coefficient (Wildman–Crippen LogP) is 3.75. The third kappa shape index (κ3) is 4.00. The molecule has 4 aromatic rings. The summed E-state index contributed by atoms with van der Waals surface area (Å²) >= 11 is 0. The Labute approximate surface area is 192 Å². The highest BCUT2D eigenvalue weighted by atomic mass is 16.5. The van der Waals surface area contributed by atoms with Gasteiger partial charge in [-0.3, -0.25) is 0 Å².